The Morgan fingerprint density at radius 3 is 2.30 bits per heavy atom. The summed E-state index contributed by atoms with van der Waals surface area (Å²) in [5.41, 5.74) is 6.72. The number of phenolic OH excluding ortho intramolecular Hbond substituents is 1. The number of Topliss-reactive ketones (excluding diaryl/α,β-unsaturated/α-hetero) is 2. The van der Waals surface area contributed by atoms with Crippen molar-refractivity contribution in [3.8, 4) is 5.75 Å². The standard InChI is InChI=1S/C22H25N3O8/c1-6-7-4-5-8(23)15(26)10(7)16(27)11-9(6)17(28)13-14(25(2)3)18(29)12(21(24)32)20(31)22(13,33)19(11)30/h4-6,9,13-14,17,26,28-30,33H,23H2,1-3H3,(H2,24,32)/t6-,9+,13+,14-,17-,22-/m1/s1. The Bertz CT molecular complexity index is 1190. The minimum atomic E-state index is -2.93. The van der Waals surface area contributed by atoms with E-state index in [2.05, 4.69) is 0 Å². The maximum Gasteiger partial charge on any atom is 0.255 e. The molecule has 176 valence electrons. The van der Waals surface area contributed by atoms with Crippen molar-refractivity contribution in [1.29, 1.82) is 0 Å². The lowest BCUT2D eigenvalue weighted by molar-refractivity contribution is -0.162. The molecule has 11 heteroatoms. The number of aliphatic hydroxyl groups is 4. The smallest absolute Gasteiger partial charge is 0.255 e. The van der Waals surface area contributed by atoms with Crippen molar-refractivity contribution in [3.63, 3.8) is 0 Å². The van der Waals surface area contributed by atoms with Gasteiger partial charge < -0.3 is 37.0 Å². The summed E-state index contributed by atoms with van der Waals surface area (Å²) in [5, 5.41) is 55.3. The van der Waals surface area contributed by atoms with E-state index in [1.54, 1.807) is 6.92 Å². The average molecular weight is 459 g/mol. The van der Waals surface area contributed by atoms with Gasteiger partial charge in [0.05, 0.1) is 29.3 Å². The lowest BCUT2D eigenvalue weighted by Crippen LogP contribution is -2.68. The summed E-state index contributed by atoms with van der Waals surface area (Å²) in [6, 6.07) is 1.63. The van der Waals surface area contributed by atoms with Gasteiger partial charge in [-0.25, -0.2) is 0 Å². The molecule has 0 heterocycles. The Morgan fingerprint density at radius 1 is 1.15 bits per heavy atom. The zero-order valence-electron chi connectivity index (χ0n) is 18.1. The predicted octanol–water partition coefficient (Wildman–Crippen LogP) is -0.765. The third-order valence-corrected chi connectivity index (χ3v) is 7.16. The Balaban J connectivity index is 2.07. The molecule has 9 N–H and O–H groups in total. The van der Waals surface area contributed by atoms with E-state index in [0.717, 1.165) is 0 Å². The fraction of sp³-hybridized carbons (Fsp3) is 0.409. The van der Waals surface area contributed by atoms with Crippen molar-refractivity contribution < 1.29 is 39.9 Å². The van der Waals surface area contributed by atoms with Crippen molar-refractivity contribution in [2.75, 3.05) is 19.8 Å². The molecule has 0 saturated heterocycles. The van der Waals surface area contributed by atoms with Gasteiger partial charge in [-0.1, -0.05) is 13.0 Å². The first-order chi connectivity index (χ1) is 15.3. The molecule has 1 aromatic carbocycles. The minimum absolute atomic E-state index is 0.0916. The molecular formula is C22H25N3O8. The number of nitrogens with zero attached hydrogens (tertiary/aromatic N) is 1. The molecule has 11 nitrogen and oxygen atoms in total. The lowest BCUT2D eigenvalue weighted by Gasteiger charge is -2.53. The first-order valence-corrected chi connectivity index (χ1v) is 10.2. The summed E-state index contributed by atoms with van der Waals surface area (Å²) in [4.78, 5) is 40.0. The van der Waals surface area contributed by atoms with E-state index in [0.29, 0.717) is 5.56 Å². The number of hydrogen-bond acceptors (Lipinski definition) is 10. The minimum Gasteiger partial charge on any atom is -0.510 e. The van der Waals surface area contributed by atoms with Crippen LogP contribution in [0.25, 0.3) is 0 Å². The number of fused-ring (bicyclic) bond motifs is 3. The van der Waals surface area contributed by atoms with Crippen molar-refractivity contribution in [2.24, 2.45) is 17.6 Å². The van der Waals surface area contributed by atoms with Gasteiger partial charge in [0.1, 0.15) is 22.8 Å². The molecule has 1 aromatic rings. The van der Waals surface area contributed by atoms with Gasteiger partial charge in [0, 0.05) is 11.5 Å². The van der Waals surface area contributed by atoms with E-state index in [-0.39, 0.29) is 11.3 Å². The van der Waals surface area contributed by atoms with Gasteiger partial charge >= 0.3 is 0 Å². The molecule has 0 aromatic heterocycles. The quantitative estimate of drug-likeness (QED) is 0.167. The van der Waals surface area contributed by atoms with Crippen LogP contribution in [0.5, 0.6) is 5.75 Å². The second kappa shape index (κ2) is 7.04. The molecule has 3 aliphatic carbocycles. The summed E-state index contributed by atoms with van der Waals surface area (Å²) in [6.07, 6.45) is -1.62. The van der Waals surface area contributed by atoms with Crippen LogP contribution in [-0.2, 0) is 9.59 Å². The Labute approximate surface area is 188 Å². The number of rotatable bonds is 2. The van der Waals surface area contributed by atoms with Gasteiger partial charge in [0.25, 0.3) is 5.91 Å². The number of anilines is 1. The van der Waals surface area contributed by atoms with E-state index in [9.17, 15) is 39.9 Å². The predicted molar refractivity (Wildman–Crippen MR) is 114 cm³/mol. The highest BCUT2D eigenvalue weighted by molar-refractivity contribution is 6.25. The van der Waals surface area contributed by atoms with Gasteiger partial charge in [-0.05, 0) is 31.6 Å². The number of aromatic hydroxyl groups is 1. The molecular weight excluding hydrogens is 434 g/mol. The first kappa shape index (κ1) is 22.8. The second-order valence-corrected chi connectivity index (χ2v) is 9.02. The zero-order valence-corrected chi connectivity index (χ0v) is 18.1. The van der Waals surface area contributed by atoms with E-state index in [4.69, 9.17) is 11.5 Å². The van der Waals surface area contributed by atoms with Crippen LogP contribution in [0.4, 0.5) is 5.69 Å². The molecule has 0 spiro atoms. The second-order valence-electron chi connectivity index (χ2n) is 9.02. The van der Waals surface area contributed by atoms with E-state index in [1.165, 1.54) is 31.1 Å². The summed E-state index contributed by atoms with van der Waals surface area (Å²) in [7, 11) is 2.95. The number of amides is 1. The molecule has 0 bridgehead atoms. The van der Waals surface area contributed by atoms with Crippen LogP contribution >= 0.6 is 0 Å². The Hall–Kier alpha value is -3.41. The molecule has 0 saturated carbocycles. The number of nitrogens with two attached hydrogens (primary N) is 2. The number of likely N-dealkylation sites (N-methyl/N-ethyl adjacent to an activating group) is 1. The number of carbonyl (C=O) groups is 3. The SMILES string of the molecule is C[C@@H]1c2ccc(N)c(O)c2C(=O)C2=C(O)[C@@]3(O)C(=O)C(C(N)=O)=C(O)[C@H](N(C)C)[C@H]3[C@H](O)[C@H]21. The van der Waals surface area contributed by atoms with Crippen LogP contribution < -0.4 is 11.5 Å². The van der Waals surface area contributed by atoms with Crippen LogP contribution in [0, 0.1) is 11.8 Å². The molecule has 3 aliphatic rings. The lowest BCUT2D eigenvalue weighted by atomic mass is 9.55. The molecule has 33 heavy (non-hydrogen) atoms. The summed E-state index contributed by atoms with van der Waals surface area (Å²) in [6.45, 7) is 1.65. The zero-order chi connectivity index (χ0) is 24.7. The van der Waals surface area contributed by atoms with E-state index in [1.807, 2.05) is 0 Å². The molecule has 0 unspecified atom stereocenters. The molecule has 0 aliphatic heterocycles. The molecule has 0 fully saturated rings. The van der Waals surface area contributed by atoms with Crippen LogP contribution in [0.15, 0.2) is 34.8 Å². The number of aliphatic hydroxyl groups excluding tert-OH is 3. The third-order valence-electron chi connectivity index (χ3n) is 7.16. The van der Waals surface area contributed by atoms with Gasteiger partial charge in [0.15, 0.2) is 11.4 Å². The number of benzene rings is 1. The fourth-order valence-corrected chi connectivity index (χ4v) is 5.64. The third kappa shape index (κ3) is 2.63. The number of primary amides is 1. The normalized spacial score (nSPS) is 33.7. The Kier molecular flexibility index (Phi) is 4.86. The molecule has 1 amide bonds. The highest BCUT2D eigenvalue weighted by atomic mass is 16.4. The highest BCUT2D eigenvalue weighted by Gasteiger charge is 2.67. The van der Waals surface area contributed by atoms with Crippen LogP contribution in [0.3, 0.4) is 0 Å². The summed E-state index contributed by atoms with van der Waals surface area (Å²) < 4.78 is 0. The van der Waals surface area contributed by atoms with Gasteiger partial charge in [-0.15, -0.1) is 0 Å². The van der Waals surface area contributed by atoms with E-state index < -0.39 is 81.4 Å². The maximum atomic E-state index is 13.4. The fourth-order valence-electron chi connectivity index (χ4n) is 5.64. The summed E-state index contributed by atoms with van der Waals surface area (Å²) in [5.74, 6) is -9.34. The van der Waals surface area contributed by atoms with Crippen LogP contribution in [-0.4, -0.2) is 79.7 Å². The number of nitrogen functional groups attached to an aromatic ring is 1. The molecule has 6 atom stereocenters. The molecule has 4 rings (SSSR count). The maximum absolute atomic E-state index is 13.4. The van der Waals surface area contributed by atoms with Gasteiger partial charge in [-0.2, -0.15) is 0 Å². The van der Waals surface area contributed by atoms with Crippen LogP contribution in [0.2, 0.25) is 0 Å². The number of ketones is 2. The first-order valence-electron chi connectivity index (χ1n) is 10.2. The Morgan fingerprint density at radius 2 is 1.76 bits per heavy atom. The van der Waals surface area contributed by atoms with Gasteiger partial charge in [0.2, 0.25) is 5.78 Å². The highest BCUT2D eigenvalue weighted by Crippen LogP contribution is 2.55. The monoisotopic (exact) mass is 459 g/mol. The van der Waals surface area contributed by atoms with Crippen molar-refractivity contribution in [1.82, 2.24) is 4.90 Å². The summed E-state index contributed by atoms with van der Waals surface area (Å²) >= 11 is 0. The van der Waals surface area contributed by atoms with Crippen molar-refractivity contribution >= 4 is 23.2 Å². The molecule has 0 radical (unpaired) electrons. The number of phenols is 1. The largest absolute Gasteiger partial charge is 0.510 e. The topological polar surface area (TPSA) is 208 Å². The number of carbonyl (C=O) groups excluding carboxylic acids is 3. The van der Waals surface area contributed by atoms with Crippen LogP contribution in [0.1, 0.15) is 28.8 Å². The number of hydrogen-bond donors (Lipinski definition) is 7. The van der Waals surface area contributed by atoms with Crippen molar-refractivity contribution in [2.45, 2.75) is 30.6 Å². The average Bonchev–Trinajstić information content (AvgIpc) is 2.72. The van der Waals surface area contributed by atoms with Crippen molar-refractivity contribution in [3.05, 3.63) is 45.9 Å². The van der Waals surface area contributed by atoms with Gasteiger partial charge in [-0.3, -0.25) is 19.3 Å². The van der Waals surface area contributed by atoms with E-state index >= 15 is 0 Å².